The van der Waals surface area contributed by atoms with E-state index in [0.29, 0.717) is 19.7 Å². The van der Waals surface area contributed by atoms with E-state index in [-0.39, 0.29) is 5.48 Å². The number of nitrogens with two attached hydrogens (primary N) is 1. The Hall–Kier alpha value is 0.0300. The monoisotopic (exact) mass is 186 g/mol. The van der Waals surface area contributed by atoms with Crippen molar-refractivity contribution in [2.75, 3.05) is 19.7 Å². The molecule has 0 aliphatic carbocycles. The van der Waals surface area contributed by atoms with E-state index in [9.17, 15) is 4.57 Å². The van der Waals surface area contributed by atoms with Crippen LogP contribution in [0.3, 0.4) is 0 Å². The Morgan fingerprint density at radius 3 is 2.73 bits per heavy atom. The van der Waals surface area contributed by atoms with Gasteiger partial charge in [-0.2, -0.15) is 5.48 Å². The van der Waals surface area contributed by atoms with Gasteiger partial charge >= 0.3 is 8.25 Å². The van der Waals surface area contributed by atoms with Crippen LogP contribution in [0.15, 0.2) is 0 Å². The van der Waals surface area contributed by atoms with E-state index in [1.54, 1.807) is 6.92 Å². The van der Waals surface area contributed by atoms with Gasteiger partial charge in [-0.3, -0.25) is 4.57 Å². The first kappa shape index (κ1) is 13.6. The summed E-state index contributed by atoms with van der Waals surface area (Å²) in [5, 5.41) is 0. The first-order valence-corrected chi connectivity index (χ1v) is 4.30. The van der Waals surface area contributed by atoms with Gasteiger partial charge in [0.25, 0.3) is 0 Å². The van der Waals surface area contributed by atoms with Gasteiger partial charge < -0.3 is 15.7 Å². The molecule has 0 saturated heterocycles. The summed E-state index contributed by atoms with van der Waals surface area (Å²) in [4.78, 5) is 0. The Morgan fingerprint density at radius 1 is 1.64 bits per heavy atom. The summed E-state index contributed by atoms with van der Waals surface area (Å²) in [5.41, 5.74) is 7.52. The molecule has 0 radical (unpaired) electrons. The molecule has 11 heavy (non-hydrogen) atoms. The van der Waals surface area contributed by atoms with Gasteiger partial charge in [-0.15, -0.1) is 0 Å². The maximum absolute atomic E-state index is 10.6. The quantitative estimate of drug-likeness (QED) is 0.316. The number of hydrogen-bond donors (Lipinski definition) is 2. The van der Waals surface area contributed by atoms with Crippen LogP contribution < -0.4 is 11.2 Å². The minimum Gasteiger partial charge on any atom is -0.412 e. The lowest BCUT2D eigenvalue weighted by atomic mass is 10.7. The molecule has 0 saturated carbocycles. The zero-order valence-electron chi connectivity index (χ0n) is 6.42. The third-order valence-corrected chi connectivity index (χ3v) is 1.50. The summed E-state index contributed by atoms with van der Waals surface area (Å²) >= 11 is 0. The second-order valence-corrected chi connectivity index (χ2v) is 2.46. The van der Waals surface area contributed by atoms with Crippen LogP contribution in [-0.2, 0) is 13.7 Å². The summed E-state index contributed by atoms with van der Waals surface area (Å²) in [6.07, 6.45) is 0. The van der Waals surface area contributed by atoms with Crippen molar-refractivity contribution in [2.24, 2.45) is 5.73 Å². The highest BCUT2D eigenvalue weighted by Crippen LogP contribution is 2.20. The largest absolute Gasteiger partial charge is 0.412 e. The fourth-order valence-corrected chi connectivity index (χ4v) is 0.831. The normalized spacial score (nSPS) is 12.2. The standard InChI is InChI=1S/C4H13N2O3P.H2O/c1-2-8-10(7)9-6-4-3-5;/h6,10H,2-5H2,1H3;1H2. The highest BCUT2D eigenvalue weighted by Gasteiger charge is 1.94. The maximum atomic E-state index is 10.6. The summed E-state index contributed by atoms with van der Waals surface area (Å²) in [6.45, 7) is 3.06. The zero-order chi connectivity index (χ0) is 7.82. The van der Waals surface area contributed by atoms with Crippen molar-refractivity contribution in [3.05, 3.63) is 0 Å². The van der Waals surface area contributed by atoms with Gasteiger partial charge in [0.15, 0.2) is 0 Å². The number of hydroxylamine groups is 1. The molecule has 6 nitrogen and oxygen atoms in total. The lowest BCUT2D eigenvalue weighted by Crippen LogP contribution is -2.20. The van der Waals surface area contributed by atoms with Crippen molar-refractivity contribution in [2.45, 2.75) is 6.92 Å². The summed E-state index contributed by atoms with van der Waals surface area (Å²) < 4.78 is 19.7. The molecule has 0 aromatic carbocycles. The number of rotatable bonds is 6. The van der Waals surface area contributed by atoms with Crippen molar-refractivity contribution in [1.29, 1.82) is 0 Å². The summed E-state index contributed by atoms with van der Waals surface area (Å²) in [5.74, 6) is 0. The van der Waals surface area contributed by atoms with Gasteiger partial charge in [0.1, 0.15) is 0 Å². The number of nitrogens with one attached hydrogen (secondary N) is 1. The minimum absolute atomic E-state index is 0. The van der Waals surface area contributed by atoms with Crippen LogP contribution in [0, 0.1) is 0 Å². The maximum Gasteiger partial charge on any atom is 0.335 e. The van der Waals surface area contributed by atoms with Crippen molar-refractivity contribution >= 4 is 8.25 Å². The van der Waals surface area contributed by atoms with Crippen LogP contribution in [0.5, 0.6) is 0 Å². The predicted octanol–water partition coefficient (Wildman–Crippen LogP) is -0.932. The van der Waals surface area contributed by atoms with E-state index < -0.39 is 8.25 Å². The van der Waals surface area contributed by atoms with Gasteiger partial charge in [-0.25, -0.2) is 4.62 Å². The minimum atomic E-state index is -2.33. The second kappa shape index (κ2) is 10.0. The third kappa shape index (κ3) is 10.0. The fraction of sp³-hybridized carbons (Fsp3) is 1.00. The molecule has 0 heterocycles. The van der Waals surface area contributed by atoms with E-state index in [1.165, 1.54) is 0 Å². The highest BCUT2D eigenvalue weighted by molar-refractivity contribution is 7.33. The van der Waals surface area contributed by atoms with Gasteiger partial charge in [-0.1, -0.05) is 0 Å². The van der Waals surface area contributed by atoms with Gasteiger partial charge in [-0.05, 0) is 6.92 Å². The Bertz CT molecular complexity index is 102. The molecule has 0 fully saturated rings. The van der Waals surface area contributed by atoms with E-state index in [2.05, 4.69) is 14.6 Å². The van der Waals surface area contributed by atoms with Crippen molar-refractivity contribution in [1.82, 2.24) is 5.48 Å². The van der Waals surface area contributed by atoms with E-state index >= 15 is 0 Å². The Morgan fingerprint density at radius 2 is 2.27 bits per heavy atom. The molecule has 0 bridgehead atoms. The molecule has 5 N–H and O–H groups in total. The average Bonchev–Trinajstić information content (AvgIpc) is 1.89. The predicted molar refractivity (Wildman–Crippen MR) is 42.4 cm³/mol. The van der Waals surface area contributed by atoms with Crippen molar-refractivity contribution in [3.63, 3.8) is 0 Å². The summed E-state index contributed by atoms with van der Waals surface area (Å²) in [7, 11) is -2.33. The molecule has 1 atom stereocenters. The molecule has 70 valence electrons. The van der Waals surface area contributed by atoms with Crippen LogP contribution in [0.4, 0.5) is 0 Å². The molecule has 0 spiro atoms. The summed E-state index contributed by atoms with van der Waals surface area (Å²) in [6, 6.07) is 0. The van der Waals surface area contributed by atoms with Crippen LogP contribution in [-0.4, -0.2) is 25.2 Å². The van der Waals surface area contributed by atoms with Crippen molar-refractivity contribution < 1.29 is 19.2 Å². The molecule has 0 aromatic heterocycles. The molecule has 0 aliphatic rings. The Balaban J connectivity index is 0. The molecule has 1 unspecified atom stereocenters. The van der Waals surface area contributed by atoms with Crippen LogP contribution in [0.1, 0.15) is 6.92 Å². The van der Waals surface area contributed by atoms with Crippen LogP contribution >= 0.6 is 8.25 Å². The first-order chi connectivity index (χ1) is 4.81. The molecule has 0 aliphatic heterocycles. The van der Waals surface area contributed by atoms with Gasteiger partial charge in [0, 0.05) is 13.1 Å². The molecular formula is C4H15N2O4P. The smallest absolute Gasteiger partial charge is 0.335 e. The van der Waals surface area contributed by atoms with Gasteiger partial charge in [0.2, 0.25) is 0 Å². The topological polar surface area (TPSA) is 105 Å². The van der Waals surface area contributed by atoms with Crippen molar-refractivity contribution in [3.8, 4) is 0 Å². The molecule has 0 rings (SSSR count). The fourth-order valence-electron chi connectivity index (χ4n) is 0.316. The second-order valence-electron chi connectivity index (χ2n) is 1.47. The Kier molecular flexibility index (Phi) is 12.4. The number of hydrogen-bond acceptors (Lipinski definition) is 5. The lowest BCUT2D eigenvalue weighted by Gasteiger charge is -2.02. The molecule has 0 aromatic rings. The van der Waals surface area contributed by atoms with E-state index in [4.69, 9.17) is 5.73 Å². The lowest BCUT2D eigenvalue weighted by molar-refractivity contribution is 0.162. The van der Waals surface area contributed by atoms with Gasteiger partial charge in [0.05, 0.1) is 6.61 Å². The zero-order valence-corrected chi connectivity index (χ0v) is 7.42. The molecule has 0 amide bonds. The molecule has 7 heteroatoms. The van der Waals surface area contributed by atoms with E-state index in [0.717, 1.165) is 0 Å². The van der Waals surface area contributed by atoms with Crippen LogP contribution in [0.2, 0.25) is 0 Å². The first-order valence-electron chi connectivity index (χ1n) is 3.07. The molecular weight excluding hydrogens is 171 g/mol. The van der Waals surface area contributed by atoms with E-state index in [1.807, 2.05) is 0 Å². The third-order valence-electron chi connectivity index (χ3n) is 0.664. The SMILES string of the molecule is CCO[PH](=O)ONCCN.O. The Labute approximate surface area is 66.3 Å². The highest BCUT2D eigenvalue weighted by atomic mass is 31.1. The average molecular weight is 186 g/mol. The van der Waals surface area contributed by atoms with Crippen LogP contribution in [0.25, 0.3) is 0 Å².